The Morgan fingerprint density at radius 2 is 2.05 bits per heavy atom. The van der Waals surface area contributed by atoms with Gasteiger partial charge < -0.3 is 10.1 Å². The van der Waals surface area contributed by atoms with Gasteiger partial charge in [0.25, 0.3) is 5.56 Å². The fourth-order valence-electron chi connectivity index (χ4n) is 1.70. The van der Waals surface area contributed by atoms with E-state index in [0.717, 1.165) is 23.4 Å². The minimum atomic E-state index is -0.135. The van der Waals surface area contributed by atoms with Crippen molar-refractivity contribution < 1.29 is 4.74 Å². The Morgan fingerprint density at radius 3 is 2.68 bits per heavy atom. The maximum Gasteiger partial charge on any atom is 0.252 e. The smallest absolute Gasteiger partial charge is 0.252 e. The van der Waals surface area contributed by atoms with Gasteiger partial charge in [-0.1, -0.05) is 19.1 Å². The van der Waals surface area contributed by atoms with Gasteiger partial charge >= 0.3 is 0 Å². The van der Waals surface area contributed by atoms with Crippen LogP contribution in [0, 0.1) is 0 Å². The van der Waals surface area contributed by atoms with E-state index in [-0.39, 0.29) is 5.56 Å². The molecule has 0 aliphatic heterocycles. The second kappa shape index (κ2) is 6.04. The first-order chi connectivity index (χ1) is 9.21. The lowest BCUT2D eigenvalue weighted by atomic mass is 10.2. The van der Waals surface area contributed by atoms with E-state index in [1.54, 1.807) is 7.11 Å². The van der Waals surface area contributed by atoms with E-state index >= 15 is 0 Å². The number of ether oxygens (including phenoxy) is 1. The fourth-order valence-corrected chi connectivity index (χ4v) is 1.70. The van der Waals surface area contributed by atoms with Gasteiger partial charge in [-0.15, -0.1) is 0 Å². The predicted molar refractivity (Wildman–Crippen MR) is 74.6 cm³/mol. The number of hydrogen-bond acceptors (Lipinski definition) is 4. The number of rotatable bonds is 5. The molecular weight excluding hydrogens is 242 g/mol. The van der Waals surface area contributed by atoms with Crippen LogP contribution in [-0.2, 0) is 13.0 Å². The summed E-state index contributed by atoms with van der Waals surface area (Å²) in [5.41, 5.74) is 1.73. The van der Waals surface area contributed by atoms with Crippen LogP contribution in [0.5, 0.6) is 5.75 Å². The largest absolute Gasteiger partial charge is 0.497 e. The Bertz CT molecular complexity index is 590. The van der Waals surface area contributed by atoms with Crippen molar-refractivity contribution in [2.45, 2.75) is 19.9 Å². The van der Waals surface area contributed by atoms with Gasteiger partial charge in [0.15, 0.2) is 0 Å². The third-order valence-corrected chi connectivity index (χ3v) is 2.78. The first kappa shape index (κ1) is 13.1. The molecule has 0 atom stereocenters. The molecule has 19 heavy (non-hydrogen) atoms. The lowest BCUT2D eigenvalue weighted by Gasteiger charge is -2.07. The Hall–Kier alpha value is -2.30. The van der Waals surface area contributed by atoms with E-state index in [1.165, 1.54) is 6.07 Å². The number of aromatic amines is 1. The Labute approximate surface area is 111 Å². The summed E-state index contributed by atoms with van der Waals surface area (Å²) < 4.78 is 5.10. The van der Waals surface area contributed by atoms with Gasteiger partial charge in [-0.25, -0.2) is 4.98 Å². The summed E-state index contributed by atoms with van der Waals surface area (Å²) in [6, 6.07) is 9.24. The Kier molecular flexibility index (Phi) is 4.18. The van der Waals surface area contributed by atoms with Crippen LogP contribution in [0.2, 0.25) is 0 Å². The lowest BCUT2D eigenvalue weighted by Crippen LogP contribution is -2.13. The van der Waals surface area contributed by atoms with Gasteiger partial charge in [0.05, 0.1) is 7.11 Å². The Balaban J connectivity index is 2.05. The third kappa shape index (κ3) is 3.58. The summed E-state index contributed by atoms with van der Waals surface area (Å²) >= 11 is 0. The van der Waals surface area contributed by atoms with Crippen LogP contribution in [0.4, 0.5) is 5.95 Å². The molecule has 2 aromatic rings. The third-order valence-electron chi connectivity index (χ3n) is 2.78. The van der Waals surface area contributed by atoms with E-state index in [9.17, 15) is 4.79 Å². The molecule has 2 rings (SSSR count). The summed E-state index contributed by atoms with van der Waals surface area (Å²) in [6.07, 6.45) is 0.737. The summed E-state index contributed by atoms with van der Waals surface area (Å²) in [5, 5.41) is 3.11. The topological polar surface area (TPSA) is 67.0 Å². The highest BCUT2D eigenvalue weighted by Gasteiger charge is 2.00. The number of nitrogens with zero attached hydrogens (tertiary/aromatic N) is 1. The van der Waals surface area contributed by atoms with Crippen LogP contribution in [0.25, 0.3) is 0 Å². The average molecular weight is 259 g/mol. The molecule has 100 valence electrons. The van der Waals surface area contributed by atoms with Gasteiger partial charge in [0, 0.05) is 18.3 Å². The number of hydrogen-bond donors (Lipinski definition) is 2. The molecule has 0 spiro atoms. The van der Waals surface area contributed by atoms with Gasteiger partial charge in [-0.2, -0.15) is 0 Å². The quantitative estimate of drug-likeness (QED) is 0.861. The standard InChI is InChI=1S/C14H17N3O2/c1-3-11-8-13(18)17-14(16-11)15-9-10-4-6-12(19-2)7-5-10/h4-8H,3,9H2,1-2H3,(H2,15,16,17,18). The summed E-state index contributed by atoms with van der Waals surface area (Å²) in [6.45, 7) is 2.56. The summed E-state index contributed by atoms with van der Waals surface area (Å²) in [7, 11) is 1.64. The highest BCUT2D eigenvalue weighted by molar-refractivity contribution is 5.31. The average Bonchev–Trinajstić information content (AvgIpc) is 2.45. The van der Waals surface area contributed by atoms with Gasteiger partial charge in [0.1, 0.15) is 5.75 Å². The van der Waals surface area contributed by atoms with Crippen LogP contribution in [-0.4, -0.2) is 17.1 Å². The van der Waals surface area contributed by atoms with Crippen molar-refractivity contribution in [3.63, 3.8) is 0 Å². The molecule has 5 nitrogen and oxygen atoms in total. The van der Waals surface area contributed by atoms with Crippen molar-refractivity contribution in [2.75, 3.05) is 12.4 Å². The van der Waals surface area contributed by atoms with E-state index < -0.39 is 0 Å². The SMILES string of the molecule is CCc1cc(=O)[nH]c(NCc2ccc(OC)cc2)n1. The molecule has 0 fully saturated rings. The minimum absolute atomic E-state index is 0.135. The number of anilines is 1. The van der Waals surface area contributed by atoms with Crippen LogP contribution >= 0.6 is 0 Å². The molecule has 1 aromatic carbocycles. The van der Waals surface area contributed by atoms with Crippen LogP contribution < -0.4 is 15.6 Å². The fraction of sp³-hybridized carbons (Fsp3) is 0.286. The van der Waals surface area contributed by atoms with Crippen LogP contribution in [0.15, 0.2) is 35.1 Å². The molecule has 1 heterocycles. The van der Waals surface area contributed by atoms with Crippen LogP contribution in [0.1, 0.15) is 18.2 Å². The van der Waals surface area contributed by atoms with Gasteiger partial charge in [0.2, 0.25) is 5.95 Å². The normalized spacial score (nSPS) is 10.2. The molecule has 0 amide bonds. The van der Waals surface area contributed by atoms with Crippen molar-refractivity contribution in [2.24, 2.45) is 0 Å². The van der Waals surface area contributed by atoms with Crippen molar-refractivity contribution in [3.05, 3.63) is 51.9 Å². The second-order valence-corrected chi connectivity index (χ2v) is 4.14. The predicted octanol–water partition coefficient (Wildman–Crippen LogP) is 1.95. The molecule has 0 radical (unpaired) electrons. The molecule has 0 saturated heterocycles. The monoisotopic (exact) mass is 259 g/mol. The number of aryl methyl sites for hydroxylation is 1. The first-order valence-corrected chi connectivity index (χ1v) is 6.18. The highest BCUT2D eigenvalue weighted by Crippen LogP contribution is 2.12. The van der Waals surface area contributed by atoms with E-state index in [0.29, 0.717) is 12.5 Å². The molecule has 0 aliphatic rings. The molecule has 2 N–H and O–H groups in total. The molecule has 0 unspecified atom stereocenters. The zero-order chi connectivity index (χ0) is 13.7. The van der Waals surface area contributed by atoms with Crippen LogP contribution in [0.3, 0.4) is 0 Å². The van der Waals surface area contributed by atoms with Crippen molar-refractivity contribution in [3.8, 4) is 5.75 Å². The van der Waals surface area contributed by atoms with E-state index in [1.807, 2.05) is 31.2 Å². The lowest BCUT2D eigenvalue weighted by molar-refractivity contribution is 0.414. The first-order valence-electron chi connectivity index (χ1n) is 6.18. The number of aromatic nitrogens is 2. The second-order valence-electron chi connectivity index (χ2n) is 4.14. The Morgan fingerprint density at radius 1 is 1.32 bits per heavy atom. The van der Waals surface area contributed by atoms with Gasteiger partial charge in [-0.3, -0.25) is 9.78 Å². The van der Waals surface area contributed by atoms with Crippen molar-refractivity contribution in [1.82, 2.24) is 9.97 Å². The zero-order valence-electron chi connectivity index (χ0n) is 11.1. The number of benzene rings is 1. The summed E-state index contributed by atoms with van der Waals surface area (Å²) in [4.78, 5) is 18.4. The molecule has 5 heteroatoms. The number of nitrogens with one attached hydrogen (secondary N) is 2. The number of H-pyrrole nitrogens is 1. The molecule has 0 aliphatic carbocycles. The van der Waals surface area contributed by atoms with E-state index in [2.05, 4.69) is 15.3 Å². The summed E-state index contributed by atoms with van der Waals surface area (Å²) in [5.74, 6) is 1.32. The maximum atomic E-state index is 11.4. The molecule has 0 saturated carbocycles. The zero-order valence-corrected chi connectivity index (χ0v) is 11.1. The van der Waals surface area contributed by atoms with Crippen molar-refractivity contribution in [1.29, 1.82) is 0 Å². The molecule has 0 bridgehead atoms. The highest BCUT2D eigenvalue weighted by atomic mass is 16.5. The minimum Gasteiger partial charge on any atom is -0.497 e. The molecular formula is C14H17N3O2. The maximum absolute atomic E-state index is 11.4. The van der Waals surface area contributed by atoms with E-state index in [4.69, 9.17) is 4.74 Å². The number of methoxy groups -OCH3 is 1. The van der Waals surface area contributed by atoms with Gasteiger partial charge in [-0.05, 0) is 24.1 Å². The van der Waals surface area contributed by atoms with Crippen molar-refractivity contribution >= 4 is 5.95 Å². The molecule has 1 aromatic heterocycles.